The van der Waals surface area contributed by atoms with Crippen molar-refractivity contribution in [1.82, 2.24) is 25.0 Å². The van der Waals surface area contributed by atoms with Crippen molar-refractivity contribution in [2.45, 2.75) is 38.6 Å². The first kappa shape index (κ1) is 15.9. The van der Waals surface area contributed by atoms with Crippen LogP contribution in [-0.4, -0.2) is 64.3 Å². The minimum Gasteiger partial charge on any atom is -0.381 e. The fourth-order valence-corrected chi connectivity index (χ4v) is 3.01. The van der Waals surface area contributed by atoms with Crippen molar-refractivity contribution in [2.24, 2.45) is 0 Å². The van der Waals surface area contributed by atoms with Gasteiger partial charge < -0.3 is 15.0 Å². The average Bonchev–Trinajstić information content (AvgIpc) is 2.87. The van der Waals surface area contributed by atoms with Crippen LogP contribution in [0.2, 0.25) is 0 Å². The molecule has 126 valence electrons. The van der Waals surface area contributed by atoms with Crippen LogP contribution in [0.15, 0.2) is 0 Å². The predicted molar refractivity (Wildman–Crippen MR) is 81.8 cm³/mol. The molecule has 0 bridgehead atoms. The number of hydrogen-bond donors (Lipinski definition) is 1. The van der Waals surface area contributed by atoms with E-state index in [9.17, 15) is 9.59 Å². The first-order chi connectivity index (χ1) is 11.1. The highest BCUT2D eigenvalue weighted by atomic mass is 16.5. The van der Waals surface area contributed by atoms with Crippen LogP contribution in [0.5, 0.6) is 0 Å². The number of rotatable bonds is 3. The lowest BCUT2D eigenvalue weighted by Gasteiger charge is -2.20. The second-order valence-electron chi connectivity index (χ2n) is 6.04. The Bertz CT molecular complexity index is 554. The SMILES string of the molecule is CC(=O)NCC(=O)N1CCc2nc(C3CCOCC3)nn2CC1. The van der Waals surface area contributed by atoms with E-state index in [1.165, 1.54) is 6.92 Å². The fourth-order valence-electron chi connectivity index (χ4n) is 3.01. The van der Waals surface area contributed by atoms with Crippen LogP contribution in [0.4, 0.5) is 0 Å². The Morgan fingerprint density at radius 3 is 2.78 bits per heavy atom. The lowest BCUT2D eigenvalue weighted by atomic mass is 10.00. The van der Waals surface area contributed by atoms with Gasteiger partial charge in [-0.3, -0.25) is 9.59 Å². The maximum Gasteiger partial charge on any atom is 0.242 e. The summed E-state index contributed by atoms with van der Waals surface area (Å²) in [6.07, 6.45) is 2.65. The van der Waals surface area contributed by atoms with Gasteiger partial charge in [-0.05, 0) is 12.8 Å². The molecule has 0 unspecified atom stereocenters. The smallest absolute Gasteiger partial charge is 0.242 e. The predicted octanol–water partition coefficient (Wildman–Crippen LogP) is -0.307. The number of fused-ring (bicyclic) bond motifs is 1. The highest BCUT2D eigenvalue weighted by Gasteiger charge is 2.25. The number of nitrogens with zero attached hydrogens (tertiary/aromatic N) is 4. The Labute approximate surface area is 135 Å². The van der Waals surface area contributed by atoms with Crippen LogP contribution >= 0.6 is 0 Å². The number of nitrogens with one attached hydrogen (secondary N) is 1. The molecule has 3 heterocycles. The van der Waals surface area contributed by atoms with E-state index in [-0.39, 0.29) is 18.4 Å². The third-order valence-corrected chi connectivity index (χ3v) is 4.38. The van der Waals surface area contributed by atoms with Gasteiger partial charge in [0.1, 0.15) is 5.82 Å². The molecule has 2 aliphatic heterocycles. The molecule has 1 N–H and O–H groups in total. The van der Waals surface area contributed by atoms with Crippen molar-refractivity contribution in [1.29, 1.82) is 0 Å². The molecule has 1 aromatic rings. The molecule has 1 fully saturated rings. The highest BCUT2D eigenvalue weighted by Crippen LogP contribution is 2.24. The van der Waals surface area contributed by atoms with Crippen LogP contribution in [0.3, 0.4) is 0 Å². The maximum atomic E-state index is 12.1. The van der Waals surface area contributed by atoms with Gasteiger partial charge in [0.15, 0.2) is 5.82 Å². The summed E-state index contributed by atoms with van der Waals surface area (Å²) in [5, 5.41) is 7.19. The molecule has 0 aromatic carbocycles. The zero-order chi connectivity index (χ0) is 16.2. The van der Waals surface area contributed by atoms with Gasteiger partial charge in [-0.1, -0.05) is 0 Å². The molecule has 2 amide bonds. The molecule has 1 aromatic heterocycles. The zero-order valence-corrected chi connectivity index (χ0v) is 13.5. The van der Waals surface area contributed by atoms with Crippen LogP contribution < -0.4 is 5.32 Å². The Hall–Kier alpha value is -1.96. The summed E-state index contributed by atoms with van der Waals surface area (Å²) in [5.41, 5.74) is 0. The van der Waals surface area contributed by atoms with E-state index in [0.717, 1.165) is 37.7 Å². The first-order valence-corrected chi connectivity index (χ1v) is 8.17. The minimum absolute atomic E-state index is 0.0540. The number of aromatic nitrogens is 3. The van der Waals surface area contributed by atoms with Crippen LogP contribution in [0, 0.1) is 0 Å². The van der Waals surface area contributed by atoms with Crippen molar-refractivity contribution in [3.63, 3.8) is 0 Å². The van der Waals surface area contributed by atoms with E-state index < -0.39 is 0 Å². The van der Waals surface area contributed by atoms with Gasteiger partial charge in [0.2, 0.25) is 11.8 Å². The first-order valence-electron chi connectivity index (χ1n) is 8.17. The van der Waals surface area contributed by atoms with Crippen molar-refractivity contribution in [3.05, 3.63) is 11.6 Å². The maximum absolute atomic E-state index is 12.1. The third-order valence-electron chi connectivity index (χ3n) is 4.38. The molecular formula is C15H23N5O3. The van der Waals surface area contributed by atoms with Crippen LogP contribution in [-0.2, 0) is 27.3 Å². The summed E-state index contributed by atoms with van der Waals surface area (Å²) in [4.78, 5) is 29.5. The number of carbonyl (C=O) groups is 2. The second kappa shape index (κ2) is 7.08. The Morgan fingerprint density at radius 1 is 1.26 bits per heavy atom. The normalized spacial score (nSPS) is 19.1. The molecule has 0 spiro atoms. The number of carbonyl (C=O) groups excluding carboxylic acids is 2. The summed E-state index contributed by atoms with van der Waals surface area (Å²) in [7, 11) is 0. The minimum atomic E-state index is -0.191. The second-order valence-corrected chi connectivity index (χ2v) is 6.04. The van der Waals surface area contributed by atoms with Gasteiger partial charge in [0.05, 0.1) is 13.1 Å². The Kier molecular flexibility index (Phi) is 4.90. The van der Waals surface area contributed by atoms with Crippen molar-refractivity contribution >= 4 is 11.8 Å². The van der Waals surface area contributed by atoms with Gasteiger partial charge >= 0.3 is 0 Å². The Balaban J connectivity index is 1.59. The fraction of sp³-hybridized carbons (Fsp3) is 0.733. The van der Waals surface area contributed by atoms with E-state index in [0.29, 0.717) is 32.0 Å². The van der Waals surface area contributed by atoms with Gasteiger partial charge in [0.25, 0.3) is 0 Å². The summed E-state index contributed by atoms with van der Waals surface area (Å²) >= 11 is 0. The van der Waals surface area contributed by atoms with E-state index in [1.807, 2.05) is 4.68 Å². The van der Waals surface area contributed by atoms with Crippen LogP contribution in [0.1, 0.15) is 37.3 Å². The van der Waals surface area contributed by atoms with E-state index >= 15 is 0 Å². The number of hydrogen-bond acceptors (Lipinski definition) is 5. The van der Waals surface area contributed by atoms with E-state index in [4.69, 9.17) is 9.72 Å². The van der Waals surface area contributed by atoms with Crippen molar-refractivity contribution < 1.29 is 14.3 Å². The molecule has 1 saturated heterocycles. The molecular weight excluding hydrogens is 298 g/mol. The summed E-state index contributed by atoms with van der Waals surface area (Å²) < 4.78 is 7.31. The molecule has 8 nitrogen and oxygen atoms in total. The van der Waals surface area contributed by atoms with E-state index in [1.54, 1.807) is 4.90 Å². The largest absolute Gasteiger partial charge is 0.381 e. The number of amides is 2. The Morgan fingerprint density at radius 2 is 2.04 bits per heavy atom. The number of ether oxygens (including phenoxy) is 1. The van der Waals surface area contributed by atoms with Gasteiger partial charge in [-0.15, -0.1) is 0 Å². The quantitative estimate of drug-likeness (QED) is 0.825. The molecule has 3 rings (SSSR count). The lowest BCUT2D eigenvalue weighted by molar-refractivity contribution is -0.132. The summed E-state index contributed by atoms with van der Waals surface area (Å²) in [6.45, 7) is 4.88. The molecule has 2 aliphatic rings. The average molecular weight is 321 g/mol. The molecule has 8 heteroatoms. The van der Waals surface area contributed by atoms with Gasteiger partial charge in [0, 0.05) is 45.6 Å². The monoisotopic (exact) mass is 321 g/mol. The van der Waals surface area contributed by atoms with Gasteiger partial charge in [-0.2, -0.15) is 5.10 Å². The van der Waals surface area contributed by atoms with Gasteiger partial charge in [-0.25, -0.2) is 9.67 Å². The van der Waals surface area contributed by atoms with Crippen molar-refractivity contribution in [2.75, 3.05) is 32.8 Å². The zero-order valence-electron chi connectivity index (χ0n) is 13.5. The standard InChI is InChI=1S/C15H23N5O3/c1-11(21)16-10-14(22)19-5-2-13-17-15(18-20(13)7-6-19)12-3-8-23-9-4-12/h12H,2-10H2,1H3,(H,16,21). The lowest BCUT2D eigenvalue weighted by Crippen LogP contribution is -2.41. The topological polar surface area (TPSA) is 89.3 Å². The molecule has 0 saturated carbocycles. The third kappa shape index (κ3) is 3.87. The highest BCUT2D eigenvalue weighted by molar-refractivity contribution is 5.83. The molecule has 0 atom stereocenters. The van der Waals surface area contributed by atoms with Crippen LogP contribution in [0.25, 0.3) is 0 Å². The molecule has 0 radical (unpaired) electrons. The molecule has 23 heavy (non-hydrogen) atoms. The van der Waals surface area contributed by atoms with Crippen molar-refractivity contribution in [3.8, 4) is 0 Å². The molecule has 0 aliphatic carbocycles. The summed E-state index contributed by atoms with van der Waals surface area (Å²) in [5.74, 6) is 2.00. The van der Waals surface area contributed by atoms with E-state index in [2.05, 4.69) is 10.4 Å². The summed E-state index contributed by atoms with van der Waals surface area (Å²) in [6, 6.07) is 0.